The highest BCUT2D eigenvalue weighted by atomic mass is 32.1. The zero-order valence-electron chi connectivity index (χ0n) is 15.5. The van der Waals surface area contributed by atoms with E-state index in [9.17, 15) is 9.59 Å². The van der Waals surface area contributed by atoms with E-state index in [1.807, 2.05) is 25.1 Å². The van der Waals surface area contributed by atoms with Crippen LogP contribution in [0, 0.1) is 18.8 Å². The van der Waals surface area contributed by atoms with E-state index in [1.54, 1.807) is 21.3 Å². The number of hydrogen-bond donors (Lipinski definition) is 0. The van der Waals surface area contributed by atoms with E-state index in [-0.39, 0.29) is 24.3 Å². The second kappa shape index (κ2) is 6.56. The number of carbonyl (C=O) groups excluding carboxylic acids is 2. The first-order valence-corrected chi connectivity index (χ1v) is 9.42. The summed E-state index contributed by atoms with van der Waals surface area (Å²) in [6.45, 7) is 2.11. The number of carbonyl (C=O) groups is 2. The minimum atomic E-state index is -0.540. The van der Waals surface area contributed by atoms with Gasteiger partial charge >= 0.3 is 5.97 Å². The van der Waals surface area contributed by atoms with E-state index in [4.69, 9.17) is 18.9 Å². The summed E-state index contributed by atoms with van der Waals surface area (Å²) in [6.07, 6.45) is 0. The zero-order valence-corrected chi connectivity index (χ0v) is 16.3. The number of esters is 1. The molecule has 6 nitrogen and oxygen atoms in total. The highest BCUT2D eigenvalue weighted by Gasteiger charge is 2.52. The fourth-order valence-electron chi connectivity index (χ4n) is 4.13. The van der Waals surface area contributed by atoms with Crippen molar-refractivity contribution in [1.82, 2.24) is 0 Å². The van der Waals surface area contributed by atoms with Crippen molar-refractivity contribution in [3.8, 4) is 17.2 Å². The molecule has 0 N–H and O–H groups in total. The van der Waals surface area contributed by atoms with Crippen LogP contribution >= 0.6 is 11.3 Å². The highest BCUT2D eigenvalue weighted by molar-refractivity contribution is 7.14. The quantitative estimate of drug-likeness (QED) is 0.749. The van der Waals surface area contributed by atoms with Gasteiger partial charge in [0.2, 0.25) is 5.75 Å². The first-order chi connectivity index (χ1) is 13.0. The molecule has 0 amide bonds. The van der Waals surface area contributed by atoms with Crippen LogP contribution in [-0.4, -0.2) is 39.7 Å². The Morgan fingerprint density at radius 1 is 1.04 bits per heavy atom. The fourth-order valence-corrected chi connectivity index (χ4v) is 5.19. The summed E-state index contributed by atoms with van der Waals surface area (Å²) in [6, 6.07) is 5.69. The Morgan fingerprint density at radius 3 is 2.30 bits per heavy atom. The molecule has 1 saturated heterocycles. The molecule has 1 aliphatic heterocycles. The van der Waals surface area contributed by atoms with Gasteiger partial charge in [-0.25, -0.2) is 0 Å². The zero-order chi connectivity index (χ0) is 19.3. The van der Waals surface area contributed by atoms with Gasteiger partial charge in [-0.2, -0.15) is 0 Å². The summed E-state index contributed by atoms with van der Waals surface area (Å²) in [7, 11) is 4.65. The second-order valence-corrected chi connectivity index (χ2v) is 7.96. The lowest BCUT2D eigenvalue weighted by molar-refractivity contribution is -0.141. The van der Waals surface area contributed by atoms with Gasteiger partial charge in [0.1, 0.15) is 6.61 Å². The third-order valence-corrected chi connectivity index (χ3v) is 6.38. The number of benzene rings is 1. The fraction of sp³-hybridized carbons (Fsp3) is 0.400. The SMILES string of the molecule is COc1cc([C@@H]2c3cc(C)sc3C(=O)[C@@H]3COC(=O)[C@@H]23)cc(OC)c1OC. The van der Waals surface area contributed by atoms with Crippen LogP contribution in [0.1, 0.15) is 31.6 Å². The molecule has 2 heterocycles. The van der Waals surface area contributed by atoms with Gasteiger partial charge in [0.25, 0.3) is 0 Å². The molecule has 0 saturated carbocycles. The number of cyclic esters (lactones) is 1. The number of hydrogen-bond acceptors (Lipinski definition) is 7. The Morgan fingerprint density at radius 2 is 1.70 bits per heavy atom. The number of ketones is 1. The van der Waals surface area contributed by atoms with Gasteiger partial charge in [-0.15, -0.1) is 11.3 Å². The molecule has 1 aromatic carbocycles. The van der Waals surface area contributed by atoms with E-state index >= 15 is 0 Å². The van der Waals surface area contributed by atoms with E-state index in [1.165, 1.54) is 11.3 Å². The largest absolute Gasteiger partial charge is 0.493 e. The molecule has 3 atom stereocenters. The Labute approximate surface area is 161 Å². The van der Waals surface area contributed by atoms with Crippen LogP contribution in [0.4, 0.5) is 0 Å². The minimum Gasteiger partial charge on any atom is -0.493 e. The van der Waals surface area contributed by atoms with Crippen LogP contribution < -0.4 is 14.2 Å². The molecule has 0 spiro atoms. The van der Waals surface area contributed by atoms with Crippen molar-refractivity contribution in [3.63, 3.8) is 0 Å². The van der Waals surface area contributed by atoms with Crippen molar-refractivity contribution in [2.75, 3.05) is 27.9 Å². The van der Waals surface area contributed by atoms with Crippen LogP contribution in [0.25, 0.3) is 0 Å². The molecule has 1 aromatic heterocycles. The molecule has 0 bridgehead atoms. The number of methoxy groups -OCH3 is 3. The number of aryl methyl sites for hydroxylation is 1. The summed E-state index contributed by atoms with van der Waals surface area (Å²) < 4.78 is 21.6. The van der Waals surface area contributed by atoms with Crippen molar-refractivity contribution in [2.24, 2.45) is 11.8 Å². The molecule has 2 aromatic rings. The molecule has 0 unspecified atom stereocenters. The summed E-state index contributed by atoms with van der Waals surface area (Å²) in [5, 5.41) is 0. The van der Waals surface area contributed by atoms with Gasteiger partial charge in [-0.1, -0.05) is 0 Å². The normalized spacial score (nSPS) is 23.5. The van der Waals surface area contributed by atoms with Crippen molar-refractivity contribution in [2.45, 2.75) is 12.8 Å². The molecule has 4 rings (SSSR count). The second-order valence-electron chi connectivity index (χ2n) is 6.70. The van der Waals surface area contributed by atoms with Crippen molar-refractivity contribution < 1.29 is 28.5 Å². The third kappa shape index (κ3) is 2.60. The van der Waals surface area contributed by atoms with Crippen LogP contribution in [0.5, 0.6) is 17.2 Å². The molecular formula is C20H20O6S. The van der Waals surface area contributed by atoms with E-state index in [2.05, 4.69) is 0 Å². The molecule has 142 valence electrons. The van der Waals surface area contributed by atoms with Crippen molar-refractivity contribution in [3.05, 3.63) is 39.1 Å². The lowest BCUT2D eigenvalue weighted by atomic mass is 9.69. The van der Waals surface area contributed by atoms with Crippen LogP contribution in [0.3, 0.4) is 0 Å². The molecule has 0 radical (unpaired) electrons. The van der Waals surface area contributed by atoms with E-state index < -0.39 is 11.8 Å². The van der Waals surface area contributed by atoms with Crippen LogP contribution in [-0.2, 0) is 9.53 Å². The van der Waals surface area contributed by atoms with Crippen LogP contribution in [0.2, 0.25) is 0 Å². The predicted octanol–water partition coefficient (Wildman–Crippen LogP) is 3.20. The van der Waals surface area contributed by atoms with Crippen molar-refractivity contribution >= 4 is 23.1 Å². The number of rotatable bonds is 4. The maximum absolute atomic E-state index is 12.9. The van der Waals surface area contributed by atoms with Gasteiger partial charge in [-0.05, 0) is 36.2 Å². The number of thiophene rings is 1. The third-order valence-electron chi connectivity index (χ3n) is 5.30. The van der Waals surface area contributed by atoms with Crippen molar-refractivity contribution in [1.29, 1.82) is 0 Å². The molecular weight excluding hydrogens is 368 g/mol. The first kappa shape index (κ1) is 17.9. The molecule has 7 heteroatoms. The Hall–Kier alpha value is -2.54. The summed E-state index contributed by atoms with van der Waals surface area (Å²) >= 11 is 1.47. The monoisotopic (exact) mass is 388 g/mol. The lowest BCUT2D eigenvalue weighted by Gasteiger charge is -2.30. The molecule has 1 aliphatic carbocycles. The number of Topliss-reactive ketones (excluding diaryl/α,β-unsaturated/α-hetero) is 1. The summed E-state index contributed by atoms with van der Waals surface area (Å²) in [4.78, 5) is 27.2. The highest BCUT2D eigenvalue weighted by Crippen LogP contribution is 2.51. The molecule has 27 heavy (non-hydrogen) atoms. The Balaban J connectivity index is 1.94. The smallest absolute Gasteiger partial charge is 0.310 e. The van der Waals surface area contributed by atoms with Gasteiger partial charge in [-0.3, -0.25) is 9.59 Å². The maximum Gasteiger partial charge on any atom is 0.310 e. The van der Waals surface area contributed by atoms with Crippen LogP contribution in [0.15, 0.2) is 18.2 Å². The molecule has 1 fully saturated rings. The lowest BCUT2D eigenvalue weighted by Crippen LogP contribution is -2.35. The molecule has 2 aliphatic rings. The standard InChI is InChI=1S/C20H20O6S/c1-9-5-11-15(10-6-13(23-2)18(25-4)14(7-10)24-3)16-12(8-26-20(16)22)17(21)19(11)27-9/h5-7,12,15-16H,8H2,1-4H3/t12-,15-,16-/m1/s1. The maximum atomic E-state index is 12.9. The number of ether oxygens (including phenoxy) is 4. The van der Waals surface area contributed by atoms with Gasteiger partial charge < -0.3 is 18.9 Å². The van der Waals surface area contributed by atoms with Gasteiger partial charge in [0.15, 0.2) is 17.3 Å². The van der Waals surface area contributed by atoms with Gasteiger partial charge in [0, 0.05) is 10.8 Å². The van der Waals surface area contributed by atoms with E-state index in [0.717, 1.165) is 16.0 Å². The number of fused-ring (bicyclic) bond motifs is 2. The summed E-state index contributed by atoms with van der Waals surface area (Å²) in [5.74, 6) is -0.0993. The predicted molar refractivity (Wildman–Crippen MR) is 99.3 cm³/mol. The van der Waals surface area contributed by atoms with Gasteiger partial charge in [0.05, 0.1) is 38.0 Å². The average molecular weight is 388 g/mol. The Kier molecular flexibility index (Phi) is 4.34. The summed E-state index contributed by atoms with van der Waals surface area (Å²) in [5.41, 5.74) is 1.71. The topological polar surface area (TPSA) is 71.1 Å². The average Bonchev–Trinajstić information content (AvgIpc) is 3.24. The minimum absolute atomic E-state index is 0.00245. The first-order valence-electron chi connectivity index (χ1n) is 8.61. The Bertz CT molecular complexity index is 906. The van der Waals surface area contributed by atoms with E-state index in [0.29, 0.717) is 22.1 Å².